The minimum Gasteiger partial charge on any atom is -0.350 e. The summed E-state index contributed by atoms with van der Waals surface area (Å²) in [6, 6.07) is 6.95. The molecule has 2 amide bonds. The number of nitrogens with zero attached hydrogens (tertiary/aromatic N) is 3. The molecule has 1 saturated carbocycles. The van der Waals surface area contributed by atoms with Crippen LogP contribution in [0.2, 0.25) is 10.0 Å². The number of aromatic nitrogens is 1. The van der Waals surface area contributed by atoms with Gasteiger partial charge in [-0.05, 0) is 56.0 Å². The molecule has 1 aliphatic heterocycles. The highest BCUT2D eigenvalue weighted by molar-refractivity contribution is 7.89. The Hall–Kier alpha value is -2.24. The van der Waals surface area contributed by atoms with Gasteiger partial charge in [0, 0.05) is 43.1 Å². The number of hydrogen-bond donors (Lipinski definition) is 2. The molecular weight excluding hydrogens is 501 g/mol. The van der Waals surface area contributed by atoms with Gasteiger partial charge < -0.3 is 16.0 Å². The topological polar surface area (TPSA) is 126 Å². The van der Waals surface area contributed by atoms with E-state index in [0.29, 0.717) is 18.4 Å². The van der Waals surface area contributed by atoms with E-state index in [-0.39, 0.29) is 40.1 Å². The summed E-state index contributed by atoms with van der Waals surface area (Å²) < 4.78 is 28.1. The molecule has 0 spiro atoms. The predicted octanol–water partition coefficient (Wildman–Crippen LogP) is 2.25. The second-order valence-corrected chi connectivity index (χ2v) is 11.1. The number of carbonyl (C=O) groups is 2. The lowest BCUT2D eigenvalue weighted by atomic mass is 9.92. The first-order valence-electron chi connectivity index (χ1n) is 10.9. The van der Waals surface area contributed by atoms with E-state index in [2.05, 4.69) is 10.3 Å². The number of nitrogens with one attached hydrogen (secondary N) is 1. The molecule has 1 aliphatic carbocycles. The Morgan fingerprint density at radius 3 is 2.32 bits per heavy atom. The number of rotatable bonds is 5. The third kappa shape index (κ3) is 5.06. The van der Waals surface area contributed by atoms with E-state index in [1.54, 1.807) is 0 Å². The van der Waals surface area contributed by atoms with Crippen LogP contribution < -0.4 is 11.1 Å². The summed E-state index contributed by atoms with van der Waals surface area (Å²) in [5.41, 5.74) is 6.27. The Morgan fingerprint density at radius 1 is 1.00 bits per heavy atom. The fourth-order valence-corrected chi connectivity index (χ4v) is 6.25. The van der Waals surface area contributed by atoms with Crippen LogP contribution in [0.3, 0.4) is 0 Å². The molecule has 1 atom stereocenters. The number of benzene rings is 1. The first kappa shape index (κ1) is 24.9. The van der Waals surface area contributed by atoms with Crippen LogP contribution in [0, 0.1) is 0 Å². The van der Waals surface area contributed by atoms with Gasteiger partial charge in [-0.2, -0.15) is 4.31 Å². The first-order chi connectivity index (χ1) is 16.2. The highest BCUT2D eigenvalue weighted by Crippen LogP contribution is 2.30. The zero-order chi connectivity index (χ0) is 24.5. The van der Waals surface area contributed by atoms with Crippen LogP contribution in [-0.2, 0) is 14.8 Å². The summed E-state index contributed by atoms with van der Waals surface area (Å²) in [6.07, 6.45) is 4.49. The minimum atomic E-state index is -4.17. The molecule has 2 fully saturated rings. The van der Waals surface area contributed by atoms with E-state index >= 15 is 0 Å². The maximum atomic E-state index is 13.5. The van der Waals surface area contributed by atoms with Crippen molar-refractivity contribution < 1.29 is 18.0 Å². The number of sulfonamides is 1. The zero-order valence-corrected chi connectivity index (χ0v) is 20.6. The molecule has 34 heavy (non-hydrogen) atoms. The van der Waals surface area contributed by atoms with Gasteiger partial charge >= 0.3 is 0 Å². The summed E-state index contributed by atoms with van der Waals surface area (Å²) in [5, 5.41) is 3.22. The molecule has 1 aromatic carbocycles. The van der Waals surface area contributed by atoms with Crippen molar-refractivity contribution >= 4 is 45.0 Å². The van der Waals surface area contributed by atoms with Gasteiger partial charge in [-0.15, -0.1) is 0 Å². The lowest BCUT2D eigenvalue weighted by Crippen LogP contribution is -2.56. The molecule has 1 saturated heterocycles. The van der Waals surface area contributed by atoms with E-state index in [0.717, 1.165) is 17.1 Å². The molecule has 4 rings (SSSR count). The van der Waals surface area contributed by atoms with Crippen LogP contribution in [0.4, 0.5) is 0 Å². The number of carbonyl (C=O) groups excluding carboxylic acids is 2. The molecule has 3 N–H and O–H groups in total. The van der Waals surface area contributed by atoms with E-state index < -0.39 is 28.0 Å². The first-order valence-corrected chi connectivity index (χ1v) is 13.1. The normalized spacial score (nSPS) is 23.6. The summed E-state index contributed by atoms with van der Waals surface area (Å²) in [5.74, 6) is -1.01. The van der Waals surface area contributed by atoms with Crippen molar-refractivity contribution in [3.63, 3.8) is 0 Å². The maximum absolute atomic E-state index is 13.5. The van der Waals surface area contributed by atoms with Gasteiger partial charge in [0.25, 0.3) is 11.8 Å². The summed E-state index contributed by atoms with van der Waals surface area (Å²) >= 11 is 12.0. The lowest BCUT2D eigenvalue weighted by molar-refractivity contribution is -0.128. The number of pyridine rings is 1. The largest absolute Gasteiger partial charge is 0.350 e. The Labute approximate surface area is 208 Å². The average molecular weight is 526 g/mol. The fraction of sp³-hybridized carbons (Fsp3) is 0.409. The number of nitrogens with two attached hydrogens (primary N) is 1. The molecule has 2 heterocycles. The highest BCUT2D eigenvalue weighted by Gasteiger charge is 2.47. The van der Waals surface area contributed by atoms with Crippen molar-refractivity contribution in [2.24, 2.45) is 5.73 Å². The van der Waals surface area contributed by atoms with Gasteiger partial charge in [0.1, 0.15) is 0 Å². The second kappa shape index (κ2) is 10.2. The Kier molecular flexibility index (Phi) is 7.44. The van der Waals surface area contributed by atoms with Gasteiger partial charge in [0.2, 0.25) is 10.0 Å². The molecule has 0 bridgehead atoms. The maximum Gasteiger partial charge on any atom is 0.259 e. The van der Waals surface area contributed by atoms with Crippen molar-refractivity contribution in [2.45, 2.75) is 48.8 Å². The minimum absolute atomic E-state index is 0.0486. The standard InChI is InChI=1S/C22H25Cl2N5O4S/c23-18-6-5-17(13-19(18)24)34(32,33)29-12-11-28(22(31)14-7-9-26-10-8-14)21(29)20(30)27-16-3-1-15(25)2-4-16/h5-10,13,15-16,21H,1-4,11-12,25H2,(H,27,30). The zero-order valence-electron chi connectivity index (χ0n) is 18.2. The predicted molar refractivity (Wildman–Crippen MR) is 128 cm³/mol. The molecule has 2 aromatic rings. The molecule has 182 valence electrons. The molecule has 0 radical (unpaired) electrons. The monoisotopic (exact) mass is 525 g/mol. The van der Waals surface area contributed by atoms with Crippen LogP contribution in [0.1, 0.15) is 36.0 Å². The Morgan fingerprint density at radius 2 is 1.68 bits per heavy atom. The molecule has 12 heteroatoms. The third-order valence-corrected chi connectivity index (χ3v) is 8.76. The van der Waals surface area contributed by atoms with Gasteiger partial charge in [-0.1, -0.05) is 23.2 Å². The summed E-state index contributed by atoms with van der Waals surface area (Å²) in [6.45, 7) is 0.00235. The molecule has 2 aliphatic rings. The summed E-state index contributed by atoms with van der Waals surface area (Å²) in [4.78, 5) is 31.8. The summed E-state index contributed by atoms with van der Waals surface area (Å²) in [7, 11) is -4.17. The molecule has 1 unspecified atom stereocenters. The Balaban J connectivity index is 1.66. The van der Waals surface area contributed by atoms with Gasteiger partial charge in [-0.25, -0.2) is 8.42 Å². The van der Waals surface area contributed by atoms with Gasteiger partial charge in [-0.3, -0.25) is 14.6 Å². The van der Waals surface area contributed by atoms with Crippen LogP contribution in [0.25, 0.3) is 0 Å². The van der Waals surface area contributed by atoms with Crippen LogP contribution in [-0.4, -0.2) is 65.8 Å². The van der Waals surface area contributed by atoms with Crippen molar-refractivity contribution in [2.75, 3.05) is 13.1 Å². The lowest BCUT2D eigenvalue weighted by Gasteiger charge is -2.32. The SMILES string of the molecule is NC1CCC(NC(=O)C2N(C(=O)c3ccncc3)CCN2S(=O)(=O)c2ccc(Cl)c(Cl)c2)CC1. The molecule has 9 nitrogen and oxygen atoms in total. The fourth-order valence-electron chi connectivity index (χ4n) is 4.32. The average Bonchev–Trinajstić information content (AvgIpc) is 3.28. The Bertz CT molecular complexity index is 1170. The highest BCUT2D eigenvalue weighted by atomic mass is 35.5. The van der Waals surface area contributed by atoms with Gasteiger partial charge in [0.05, 0.1) is 14.9 Å². The van der Waals surface area contributed by atoms with Crippen LogP contribution in [0.15, 0.2) is 47.6 Å². The molecular formula is C22H25Cl2N5O4S. The van der Waals surface area contributed by atoms with Crippen LogP contribution >= 0.6 is 23.2 Å². The number of halogens is 2. The van der Waals surface area contributed by atoms with Crippen LogP contribution in [0.5, 0.6) is 0 Å². The third-order valence-electron chi connectivity index (χ3n) is 6.17. The van der Waals surface area contributed by atoms with E-state index in [4.69, 9.17) is 28.9 Å². The van der Waals surface area contributed by atoms with Crippen molar-refractivity contribution in [3.05, 3.63) is 58.3 Å². The second-order valence-electron chi connectivity index (χ2n) is 8.42. The van der Waals surface area contributed by atoms with E-state index in [9.17, 15) is 18.0 Å². The smallest absolute Gasteiger partial charge is 0.259 e. The van der Waals surface area contributed by atoms with Crippen molar-refractivity contribution in [1.82, 2.24) is 19.5 Å². The van der Waals surface area contributed by atoms with E-state index in [1.165, 1.54) is 47.6 Å². The molecule has 1 aromatic heterocycles. The van der Waals surface area contributed by atoms with E-state index in [1.807, 2.05) is 0 Å². The quantitative estimate of drug-likeness (QED) is 0.616. The van der Waals surface area contributed by atoms with Crippen molar-refractivity contribution in [3.8, 4) is 0 Å². The number of hydrogen-bond acceptors (Lipinski definition) is 6. The number of amides is 2. The van der Waals surface area contributed by atoms with Gasteiger partial charge in [0.15, 0.2) is 6.17 Å². The van der Waals surface area contributed by atoms with Crippen molar-refractivity contribution in [1.29, 1.82) is 0 Å².